The molecule has 0 fully saturated rings. The van der Waals surface area contributed by atoms with E-state index in [1.54, 1.807) is 6.08 Å². The zero-order valence-electron chi connectivity index (χ0n) is 59.7. The second-order valence-electron chi connectivity index (χ2n) is 27.8. The van der Waals surface area contributed by atoms with Crippen LogP contribution in [0.2, 0.25) is 0 Å². The molecule has 0 heterocycles. The van der Waals surface area contributed by atoms with Gasteiger partial charge >= 0.3 is 5.97 Å². The summed E-state index contributed by atoms with van der Waals surface area (Å²) >= 11 is 0. The Bertz CT molecular complexity index is 1430. The Morgan fingerprint density at radius 1 is 0.318 bits per heavy atom. The van der Waals surface area contributed by atoms with Gasteiger partial charge in [0.15, 0.2) is 0 Å². The Morgan fingerprint density at radius 3 is 0.864 bits per heavy atom. The van der Waals surface area contributed by atoms with E-state index in [0.29, 0.717) is 19.4 Å². The highest BCUT2D eigenvalue weighted by Crippen LogP contribution is 2.20. The number of allylic oxidation sites excluding steroid dienone is 5. The molecule has 0 aromatic rings. The summed E-state index contributed by atoms with van der Waals surface area (Å²) in [6.45, 7) is 4.96. The molecule has 0 bridgehead atoms. The minimum Gasteiger partial charge on any atom is -0.466 e. The number of esters is 1. The lowest BCUT2D eigenvalue weighted by molar-refractivity contribution is -0.143. The van der Waals surface area contributed by atoms with E-state index < -0.39 is 12.1 Å². The van der Waals surface area contributed by atoms with Gasteiger partial charge in [-0.1, -0.05) is 410 Å². The van der Waals surface area contributed by atoms with Crippen LogP contribution in [-0.2, 0) is 14.3 Å². The maximum atomic E-state index is 12.5. The van der Waals surface area contributed by atoms with Gasteiger partial charge in [0.05, 0.1) is 25.4 Å². The SMILES string of the molecule is CCCCCCCCCCCCCCCCCCCCC/C=C/C(O)C(CO)NC(=O)CCCCCCCCCCCCCCCCCCC/C=C\C/C=C\CCCCCCCCCCCOC(=O)CCCCCCCCCCCCCCCCCCC. The van der Waals surface area contributed by atoms with E-state index in [4.69, 9.17) is 4.74 Å². The van der Waals surface area contributed by atoms with E-state index >= 15 is 0 Å². The second kappa shape index (κ2) is 77.5. The van der Waals surface area contributed by atoms with E-state index in [1.807, 2.05) is 6.08 Å². The van der Waals surface area contributed by atoms with Crippen molar-refractivity contribution >= 4 is 11.9 Å². The monoisotopic (exact) mass is 1240 g/mol. The minimum atomic E-state index is -0.845. The number of unbranched alkanes of at least 4 members (excludes halogenated alkanes) is 61. The molecule has 520 valence electrons. The van der Waals surface area contributed by atoms with Crippen molar-refractivity contribution in [1.29, 1.82) is 0 Å². The first-order valence-electron chi connectivity index (χ1n) is 40.3. The predicted octanol–water partition coefficient (Wildman–Crippen LogP) is 26.6. The van der Waals surface area contributed by atoms with E-state index in [0.717, 1.165) is 44.9 Å². The van der Waals surface area contributed by atoms with Crippen LogP contribution in [0.25, 0.3) is 0 Å². The van der Waals surface area contributed by atoms with Crippen LogP contribution in [0.4, 0.5) is 0 Å². The molecular formula is C82H157NO5. The molecule has 6 nitrogen and oxygen atoms in total. The van der Waals surface area contributed by atoms with E-state index in [-0.39, 0.29) is 18.5 Å². The minimum absolute atomic E-state index is 0.0187. The number of hydrogen-bond donors (Lipinski definition) is 3. The number of carbonyl (C=O) groups is 2. The number of hydrogen-bond acceptors (Lipinski definition) is 5. The summed E-state index contributed by atoms with van der Waals surface area (Å²) in [5, 5.41) is 23.3. The van der Waals surface area contributed by atoms with Gasteiger partial charge in [0.25, 0.3) is 0 Å². The van der Waals surface area contributed by atoms with Gasteiger partial charge in [-0.15, -0.1) is 0 Å². The van der Waals surface area contributed by atoms with Crippen LogP contribution in [0.1, 0.15) is 450 Å². The van der Waals surface area contributed by atoms with E-state index in [9.17, 15) is 19.8 Å². The smallest absolute Gasteiger partial charge is 0.305 e. The highest BCUT2D eigenvalue weighted by molar-refractivity contribution is 5.76. The number of ether oxygens (including phenoxy) is 1. The molecule has 2 atom stereocenters. The average molecular weight is 1240 g/mol. The topological polar surface area (TPSA) is 95.9 Å². The molecule has 6 heteroatoms. The normalized spacial score (nSPS) is 12.6. The molecule has 0 saturated carbocycles. The molecule has 0 aliphatic carbocycles. The fraction of sp³-hybridized carbons (Fsp3) is 0.902. The summed E-state index contributed by atoms with van der Waals surface area (Å²) in [4.78, 5) is 24.7. The largest absolute Gasteiger partial charge is 0.466 e. The van der Waals surface area contributed by atoms with Crippen LogP contribution in [0.3, 0.4) is 0 Å². The van der Waals surface area contributed by atoms with Crippen molar-refractivity contribution in [2.75, 3.05) is 13.2 Å². The molecule has 0 aliphatic heterocycles. The van der Waals surface area contributed by atoms with Crippen molar-refractivity contribution in [3.05, 3.63) is 36.5 Å². The highest BCUT2D eigenvalue weighted by Gasteiger charge is 2.18. The summed E-state index contributed by atoms with van der Waals surface area (Å²) in [5.74, 6) is -0.0429. The lowest BCUT2D eigenvalue weighted by Gasteiger charge is -2.20. The fourth-order valence-electron chi connectivity index (χ4n) is 12.8. The number of aliphatic hydroxyl groups is 2. The number of aliphatic hydroxyl groups excluding tert-OH is 2. The fourth-order valence-corrected chi connectivity index (χ4v) is 12.8. The van der Waals surface area contributed by atoms with Crippen LogP contribution in [0.5, 0.6) is 0 Å². The van der Waals surface area contributed by atoms with Gasteiger partial charge in [0, 0.05) is 12.8 Å². The third-order valence-electron chi connectivity index (χ3n) is 18.9. The summed E-state index contributed by atoms with van der Waals surface area (Å²) < 4.78 is 5.51. The van der Waals surface area contributed by atoms with Crippen molar-refractivity contribution in [3.8, 4) is 0 Å². The Labute approximate surface area is 551 Å². The standard InChI is InChI=1S/C82H157NO5/c1-3-5-7-9-11-13-15-17-19-21-22-36-39-43-46-50-54-58-62-66-70-74-80(85)79(78-84)83-81(86)75-71-67-63-59-55-51-47-44-40-37-34-32-30-28-26-24-23-25-27-29-31-33-35-38-41-45-49-53-57-61-65-69-73-77-88-82(87)76-72-68-64-60-56-52-48-42-20-18-16-14-12-10-8-6-4-2/h27,29,33,35,70,74,79-80,84-85H,3-26,28,30-32,34,36-69,71-73,75-78H2,1-2H3,(H,83,86)/b29-27-,35-33-,74-70+. The Balaban J connectivity index is 3.39. The van der Waals surface area contributed by atoms with Gasteiger partial charge in [-0.25, -0.2) is 0 Å². The van der Waals surface area contributed by atoms with E-state index in [2.05, 4.69) is 43.5 Å². The van der Waals surface area contributed by atoms with Gasteiger partial charge in [-0.3, -0.25) is 9.59 Å². The zero-order chi connectivity index (χ0) is 63.5. The molecule has 1 amide bonds. The Morgan fingerprint density at radius 2 is 0.568 bits per heavy atom. The van der Waals surface area contributed by atoms with Crippen molar-refractivity contribution in [3.63, 3.8) is 0 Å². The van der Waals surface area contributed by atoms with Crippen molar-refractivity contribution in [1.82, 2.24) is 5.32 Å². The second-order valence-corrected chi connectivity index (χ2v) is 27.8. The molecule has 3 N–H and O–H groups in total. The van der Waals surface area contributed by atoms with Crippen molar-refractivity contribution in [2.45, 2.75) is 463 Å². The highest BCUT2D eigenvalue weighted by atomic mass is 16.5. The molecular weight excluding hydrogens is 1080 g/mol. The molecule has 88 heavy (non-hydrogen) atoms. The number of rotatable bonds is 76. The Hall–Kier alpha value is -1.92. The number of nitrogens with one attached hydrogen (secondary N) is 1. The van der Waals surface area contributed by atoms with Crippen LogP contribution in [0.15, 0.2) is 36.5 Å². The zero-order valence-corrected chi connectivity index (χ0v) is 59.7. The first kappa shape index (κ1) is 86.1. The molecule has 0 spiro atoms. The van der Waals surface area contributed by atoms with Crippen LogP contribution in [-0.4, -0.2) is 47.4 Å². The summed E-state index contributed by atoms with van der Waals surface area (Å²) in [5.41, 5.74) is 0. The van der Waals surface area contributed by atoms with Crippen molar-refractivity contribution < 1.29 is 24.5 Å². The van der Waals surface area contributed by atoms with Crippen LogP contribution >= 0.6 is 0 Å². The third kappa shape index (κ3) is 73.1. The quantitative estimate of drug-likeness (QED) is 0.0320. The van der Waals surface area contributed by atoms with Crippen LogP contribution < -0.4 is 5.32 Å². The molecule has 0 saturated heterocycles. The van der Waals surface area contributed by atoms with Gasteiger partial charge in [-0.2, -0.15) is 0 Å². The average Bonchev–Trinajstić information content (AvgIpc) is 3.58. The molecule has 2 unspecified atom stereocenters. The third-order valence-corrected chi connectivity index (χ3v) is 18.9. The maximum Gasteiger partial charge on any atom is 0.305 e. The van der Waals surface area contributed by atoms with Gasteiger partial charge in [-0.05, 0) is 64.2 Å². The van der Waals surface area contributed by atoms with Gasteiger partial charge < -0.3 is 20.3 Å². The maximum absolute atomic E-state index is 12.5. The molecule has 0 aliphatic rings. The summed E-state index contributed by atoms with van der Waals surface area (Å²) in [6.07, 6.45) is 101. The number of carbonyl (C=O) groups excluding carboxylic acids is 2. The lowest BCUT2D eigenvalue weighted by Crippen LogP contribution is -2.45. The molecule has 0 aromatic heterocycles. The first-order valence-corrected chi connectivity index (χ1v) is 40.3. The van der Waals surface area contributed by atoms with E-state index in [1.165, 1.54) is 379 Å². The molecule has 0 rings (SSSR count). The summed E-state index contributed by atoms with van der Waals surface area (Å²) in [7, 11) is 0. The predicted molar refractivity (Wildman–Crippen MR) is 389 cm³/mol. The molecule has 0 radical (unpaired) electrons. The lowest BCUT2D eigenvalue weighted by atomic mass is 10.0. The number of amides is 1. The first-order chi connectivity index (χ1) is 43.5. The van der Waals surface area contributed by atoms with Crippen molar-refractivity contribution in [2.24, 2.45) is 0 Å². The molecule has 0 aromatic carbocycles. The van der Waals surface area contributed by atoms with Gasteiger partial charge in [0.2, 0.25) is 5.91 Å². The van der Waals surface area contributed by atoms with Crippen LogP contribution in [0, 0.1) is 0 Å². The van der Waals surface area contributed by atoms with Gasteiger partial charge in [0.1, 0.15) is 0 Å². The summed E-state index contributed by atoms with van der Waals surface area (Å²) in [6, 6.07) is -0.628. The Kier molecular flexibility index (Phi) is 75.8.